The zero-order valence-electron chi connectivity index (χ0n) is 8.12. The molecule has 0 unspecified atom stereocenters. The van der Waals surface area contributed by atoms with Gasteiger partial charge in [0.15, 0.2) is 0 Å². The van der Waals surface area contributed by atoms with Crippen LogP contribution < -0.4 is 4.72 Å². The molecule has 0 heterocycles. The summed E-state index contributed by atoms with van der Waals surface area (Å²) >= 11 is 0. The minimum absolute atomic E-state index is 0.143. The summed E-state index contributed by atoms with van der Waals surface area (Å²) in [5, 5.41) is 8.48. The number of hydrogen-bond acceptors (Lipinski definition) is 3. The molecule has 0 rings (SSSR count). The quantitative estimate of drug-likeness (QED) is 0.571. The van der Waals surface area contributed by atoms with Crippen LogP contribution in [0, 0.1) is 0 Å². The van der Waals surface area contributed by atoms with E-state index in [9.17, 15) is 8.42 Å². The van der Waals surface area contributed by atoms with E-state index in [1.807, 2.05) is 0 Å². The van der Waals surface area contributed by atoms with Crippen LogP contribution in [0.25, 0.3) is 0 Å². The SMILES string of the molecule is CCS(=O)(=O)NCCCCCCO. The molecule has 0 aliphatic carbocycles. The Balaban J connectivity index is 3.26. The molecule has 0 saturated heterocycles. The van der Waals surface area contributed by atoms with Gasteiger partial charge in [0.2, 0.25) is 10.0 Å². The third-order valence-corrected chi connectivity index (χ3v) is 3.19. The first-order chi connectivity index (χ1) is 6.12. The average Bonchev–Trinajstić information content (AvgIpc) is 2.11. The van der Waals surface area contributed by atoms with Gasteiger partial charge in [0.05, 0.1) is 5.75 Å². The molecule has 0 radical (unpaired) electrons. The number of sulfonamides is 1. The maximum Gasteiger partial charge on any atom is 0.211 e. The van der Waals surface area contributed by atoms with E-state index in [2.05, 4.69) is 4.72 Å². The third kappa shape index (κ3) is 8.21. The molecule has 0 amide bonds. The van der Waals surface area contributed by atoms with Gasteiger partial charge in [-0.1, -0.05) is 12.8 Å². The molecule has 80 valence electrons. The molecule has 0 aromatic carbocycles. The molecule has 0 atom stereocenters. The fourth-order valence-corrected chi connectivity index (χ4v) is 1.58. The molecule has 0 aromatic heterocycles. The van der Waals surface area contributed by atoms with Crippen molar-refractivity contribution in [3.63, 3.8) is 0 Å². The molecule has 0 aliphatic heterocycles. The molecule has 0 aliphatic rings. The molecule has 2 N–H and O–H groups in total. The first-order valence-corrected chi connectivity index (χ1v) is 6.36. The monoisotopic (exact) mass is 209 g/mol. The van der Waals surface area contributed by atoms with Crippen LogP contribution in [0.5, 0.6) is 0 Å². The smallest absolute Gasteiger partial charge is 0.211 e. The summed E-state index contributed by atoms with van der Waals surface area (Å²) in [5.74, 6) is 0.143. The van der Waals surface area contributed by atoms with Crippen LogP contribution in [-0.2, 0) is 10.0 Å². The van der Waals surface area contributed by atoms with E-state index < -0.39 is 10.0 Å². The van der Waals surface area contributed by atoms with Gasteiger partial charge >= 0.3 is 0 Å². The maximum absolute atomic E-state index is 10.9. The lowest BCUT2D eigenvalue weighted by Crippen LogP contribution is -2.26. The van der Waals surface area contributed by atoms with Crippen LogP contribution >= 0.6 is 0 Å². The van der Waals surface area contributed by atoms with Gasteiger partial charge in [-0.15, -0.1) is 0 Å². The van der Waals surface area contributed by atoms with E-state index in [4.69, 9.17) is 5.11 Å². The zero-order valence-corrected chi connectivity index (χ0v) is 8.94. The Hall–Kier alpha value is -0.130. The molecule has 13 heavy (non-hydrogen) atoms. The Morgan fingerprint density at radius 1 is 1.15 bits per heavy atom. The van der Waals surface area contributed by atoms with Gasteiger partial charge in [-0.25, -0.2) is 13.1 Å². The van der Waals surface area contributed by atoms with Crippen molar-refractivity contribution in [2.45, 2.75) is 32.6 Å². The zero-order chi connectivity index (χ0) is 10.2. The highest BCUT2D eigenvalue weighted by atomic mass is 32.2. The van der Waals surface area contributed by atoms with Crippen LogP contribution in [0.2, 0.25) is 0 Å². The van der Waals surface area contributed by atoms with Crippen molar-refractivity contribution >= 4 is 10.0 Å². The van der Waals surface area contributed by atoms with Crippen molar-refractivity contribution in [3.05, 3.63) is 0 Å². The van der Waals surface area contributed by atoms with Crippen molar-refractivity contribution in [1.82, 2.24) is 4.72 Å². The summed E-state index contributed by atoms with van der Waals surface area (Å²) in [6, 6.07) is 0. The molecule has 4 nitrogen and oxygen atoms in total. The molecule has 5 heteroatoms. The van der Waals surface area contributed by atoms with E-state index in [1.165, 1.54) is 0 Å². The van der Waals surface area contributed by atoms with Gasteiger partial charge < -0.3 is 5.11 Å². The van der Waals surface area contributed by atoms with Gasteiger partial charge in [0.25, 0.3) is 0 Å². The Kier molecular flexibility index (Phi) is 7.22. The fourth-order valence-electron chi connectivity index (χ4n) is 0.920. The number of nitrogens with one attached hydrogen (secondary N) is 1. The summed E-state index contributed by atoms with van der Waals surface area (Å²) in [4.78, 5) is 0. The highest BCUT2D eigenvalue weighted by Crippen LogP contribution is 1.98. The predicted molar refractivity (Wildman–Crippen MR) is 53.0 cm³/mol. The summed E-state index contributed by atoms with van der Waals surface area (Å²) < 4.78 is 24.4. The summed E-state index contributed by atoms with van der Waals surface area (Å²) in [6.07, 6.45) is 3.58. The number of hydrogen-bond donors (Lipinski definition) is 2. The van der Waals surface area contributed by atoms with Gasteiger partial charge in [-0.2, -0.15) is 0 Å². The third-order valence-electron chi connectivity index (χ3n) is 1.79. The number of aliphatic hydroxyl groups excluding tert-OH is 1. The second-order valence-corrected chi connectivity index (χ2v) is 5.03. The van der Waals surface area contributed by atoms with Gasteiger partial charge in [0.1, 0.15) is 0 Å². The fraction of sp³-hybridized carbons (Fsp3) is 1.00. The second-order valence-electron chi connectivity index (χ2n) is 2.94. The van der Waals surface area contributed by atoms with Gasteiger partial charge in [0, 0.05) is 13.2 Å². The first kappa shape index (κ1) is 12.9. The van der Waals surface area contributed by atoms with Crippen molar-refractivity contribution in [3.8, 4) is 0 Å². The van der Waals surface area contributed by atoms with E-state index in [1.54, 1.807) is 6.92 Å². The van der Waals surface area contributed by atoms with E-state index in [0.717, 1.165) is 25.7 Å². The van der Waals surface area contributed by atoms with Crippen LogP contribution in [0.15, 0.2) is 0 Å². The number of aliphatic hydroxyl groups is 1. The maximum atomic E-state index is 10.9. The summed E-state index contributed by atoms with van der Waals surface area (Å²) in [7, 11) is -3.01. The summed E-state index contributed by atoms with van der Waals surface area (Å²) in [5.41, 5.74) is 0. The van der Waals surface area contributed by atoms with Crippen LogP contribution in [0.4, 0.5) is 0 Å². The molecular weight excluding hydrogens is 190 g/mol. The van der Waals surface area contributed by atoms with Crippen molar-refractivity contribution in [2.24, 2.45) is 0 Å². The number of rotatable bonds is 8. The lowest BCUT2D eigenvalue weighted by Gasteiger charge is -2.03. The van der Waals surface area contributed by atoms with E-state index in [0.29, 0.717) is 6.54 Å². The van der Waals surface area contributed by atoms with Crippen molar-refractivity contribution in [1.29, 1.82) is 0 Å². The average molecular weight is 209 g/mol. The Labute approximate surface area is 80.4 Å². The van der Waals surface area contributed by atoms with E-state index >= 15 is 0 Å². The normalized spacial score (nSPS) is 11.8. The highest BCUT2D eigenvalue weighted by Gasteiger charge is 2.03. The minimum Gasteiger partial charge on any atom is -0.396 e. The Morgan fingerprint density at radius 3 is 2.31 bits per heavy atom. The lowest BCUT2D eigenvalue weighted by molar-refractivity contribution is 0.282. The van der Waals surface area contributed by atoms with Crippen molar-refractivity contribution in [2.75, 3.05) is 18.9 Å². The van der Waals surface area contributed by atoms with E-state index in [-0.39, 0.29) is 12.4 Å². The van der Waals surface area contributed by atoms with Crippen molar-refractivity contribution < 1.29 is 13.5 Å². The summed E-state index contributed by atoms with van der Waals surface area (Å²) in [6.45, 7) is 2.36. The van der Waals surface area contributed by atoms with Gasteiger partial charge in [-0.3, -0.25) is 0 Å². The largest absolute Gasteiger partial charge is 0.396 e. The van der Waals surface area contributed by atoms with Gasteiger partial charge in [-0.05, 0) is 19.8 Å². The highest BCUT2D eigenvalue weighted by molar-refractivity contribution is 7.89. The molecule has 0 bridgehead atoms. The Morgan fingerprint density at radius 2 is 1.77 bits per heavy atom. The van der Waals surface area contributed by atoms with Crippen LogP contribution in [-0.4, -0.2) is 32.4 Å². The van der Waals surface area contributed by atoms with Crippen LogP contribution in [0.1, 0.15) is 32.6 Å². The molecular formula is C8H19NO3S. The van der Waals surface area contributed by atoms with Crippen LogP contribution in [0.3, 0.4) is 0 Å². The number of unbranched alkanes of at least 4 members (excludes halogenated alkanes) is 3. The molecule has 0 spiro atoms. The molecule has 0 aromatic rings. The standard InChI is InChI=1S/C8H19NO3S/c1-2-13(11,12)9-7-5-3-4-6-8-10/h9-10H,2-8H2,1H3. The minimum atomic E-state index is -3.01. The topological polar surface area (TPSA) is 66.4 Å². The predicted octanol–water partition coefficient (Wildman–Crippen LogP) is 0.478. The first-order valence-electron chi connectivity index (χ1n) is 4.70. The molecule has 0 saturated carbocycles. The lowest BCUT2D eigenvalue weighted by atomic mass is 10.2. The second kappa shape index (κ2) is 7.29. The molecule has 0 fully saturated rings. The Bertz CT molecular complexity index is 201.